The van der Waals surface area contributed by atoms with Crippen molar-refractivity contribution in [2.24, 2.45) is 5.73 Å². The standard InChI is InChI=1S/C8H16N2O5/c9-2-4-15-5-7(12)10-3-1-6(11)8(13)14/h6,11H,1-5,9H2,(H,10,12)(H,13,14)/t6-/m0/s1. The monoisotopic (exact) mass is 220 g/mol. The highest BCUT2D eigenvalue weighted by Gasteiger charge is 2.12. The highest BCUT2D eigenvalue weighted by Crippen LogP contribution is 1.89. The molecule has 0 bridgehead atoms. The van der Waals surface area contributed by atoms with Gasteiger partial charge < -0.3 is 26.0 Å². The Labute approximate surface area is 87.2 Å². The van der Waals surface area contributed by atoms with Gasteiger partial charge in [0.1, 0.15) is 6.61 Å². The molecule has 0 aliphatic carbocycles. The molecular weight excluding hydrogens is 204 g/mol. The Morgan fingerprint density at radius 2 is 2.13 bits per heavy atom. The third kappa shape index (κ3) is 7.86. The Bertz CT molecular complexity index is 209. The van der Waals surface area contributed by atoms with Gasteiger partial charge in [-0.1, -0.05) is 0 Å². The lowest BCUT2D eigenvalue weighted by Crippen LogP contribution is -2.32. The maximum Gasteiger partial charge on any atom is 0.332 e. The van der Waals surface area contributed by atoms with Crippen molar-refractivity contribution in [2.75, 3.05) is 26.3 Å². The van der Waals surface area contributed by atoms with Crippen molar-refractivity contribution in [3.8, 4) is 0 Å². The van der Waals surface area contributed by atoms with E-state index >= 15 is 0 Å². The summed E-state index contributed by atoms with van der Waals surface area (Å²) in [5, 5.41) is 19.6. The first-order valence-corrected chi connectivity index (χ1v) is 4.53. The number of aliphatic hydroxyl groups excluding tert-OH is 1. The number of nitrogens with one attached hydrogen (secondary N) is 1. The number of hydrogen-bond donors (Lipinski definition) is 4. The lowest BCUT2D eigenvalue weighted by atomic mass is 10.2. The number of carbonyl (C=O) groups is 2. The Hall–Kier alpha value is -1.18. The zero-order valence-electron chi connectivity index (χ0n) is 8.31. The summed E-state index contributed by atoms with van der Waals surface area (Å²) in [4.78, 5) is 21.1. The topological polar surface area (TPSA) is 122 Å². The number of carboxylic acid groups (broad SMARTS) is 1. The van der Waals surface area contributed by atoms with Crippen LogP contribution in [0.25, 0.3) is 0 Å². The van der Waals surface area contributed by atoms with Gasteiger partial charge in [-0.3, -0.25) is 4.79 Å². The fourth-order valence-corrected chi connectivity index (χ4v) is 0.771. The van der Waals surface area contributed by atoms with E-state index in [1.54, 1.807) is 0 Å². The molecule has 0 aliphatic rings. The minimum absolute atomic E-state index is 0.0298. The molecule has 0 aromatic heterocycles. The zero-order chi connectivity index (χ0) is 11.7. The summed E-state index contributed by atoms with van der Waals surface area (Å²) in [7, 11) is 0. The molecule has 7 heteroatoms. The number of amides is 1. The van der Waals surface area contributed by atoms with Crippen molar-refractivity contribution in [1.29, 1.82) is 0 Å². The average molecular weight is 220 g/mol. The van der Waals surface area contributed by atoms with Gasteiger partial charge in [0.25, 0.3) is 0 Å². The van der Waals surface area contributed by atoms with Gasteiger partial charge in [-0.2, -0.15) is 0 Å². The number of ether oxygens (including phenoxy) is 1. The highest BCUT2D eigenvalue weighted by molar-refractivity contribution is 5.77. The lowest BCUT2D eigenvalue weighted by Gasteiger charge is -2.07. The summed E-state index contributed by atoms with van der Waals surface area (Å²) in [6, 6.07) is 0. The van der Waals surface area contributed by atoms with Crippen molar-refractivity contribution in [1.82, 2.24) is 5.32 Å². The molecule has 0 saturated carbocycles. The van der Waals surface area contributed by atoms with Gasteiger partial charge in [-0.05, 0) is 0 Å². The Kier molecular flexibility index (Phi) is 7.51. The van der Waals surface area contributed by atoms with Crippen molar-refractivity contribution in [3.05, 3.63) is 0 Å². The fourth-order valence-electron chi connectivity index (χ4n) is 0.771. The molecule has 0 spiro atoms. The number of carbonyl (C=O) groups excluding carboxylic acids is 1. The Morgan fingerprint density at radius 3 is 2.67 bits per heavy atom. The van der Waals surface area contributed by atoms with E-state index in [2.05, 4.69) is 5.32 Å². The second kappa shape index (κ2) is 8.16. The van der Waals surface area contributed by atoms with Gasteiger partial charge in [-0.15, -0.1) is 0 Å². The predicted octanol–water partition coefficient (Wildman–Crippen LogP) is -2.09. The third-order valence-electron chi connectivity index (χ3n) is 1.52. The van der Waals surface area contributed by atoms with Crippen LogP contribution in [-0.2, 0) is 14.3 Å². The maximum atomic E-state index is 11.0. The average Bonchev–Trinajstić information content (AvgIpc) is 2.18. The van der Waals surface area contributed by atoms with Crippen LogP contribution in [0.1, 0.15) is 6.42 Å². The summed E-state index contributed by atoms with van der Waals surface area (Å²) in [5.41, 5.74) is 5.13. The van der Waals surface area contributed by atoms with Gasteiger partial charge in [0.2, 0.25) is 5.91 Å². The van der Waals surface area contributed by atoms with Crippen LogP contribution in [0.4, 0.5) is 0 Å². The number of aliphatic carboxylic acids is 1. The van der Waals surface area contributed by atoms with Gasteiger partial charge in [-0.25, -0.2) is 4.79 Å². The normalized spacial score (nSPS) is 12.1. The molecule has 88 valence electrons. The Balaban J connectivity index is 3.42. The second-order valence-electron chi connectivity index (χ2n) is 2.83. The maximum absolute atomic E-state index is 11.0. The first-order chi connectivity index (χ1) is 7.07. The van der Waals surface area contributed by atoms with E-state index in [4.69, 9.17) is 20.7 Å². The number of aliphatic hydroxyl groups is 1. The highest BCUT2D eigenvalue weighted by atomic mass is 16.5. The number of hydrogen-bond acceptors (Lipinski definition) is 5. The number of rotatable bonds is 8. The van der Waals surface area contributed by atoms with E-state index in [0.29, 0.717) is 13.2 Å². The third-order valence-corrected chi connectivity index (χ3v) is 1.52. The molecule has 15 heavy (non-hydrogen) atoms. The largest absolute Gasteiger partial charge is 0.479 e. The van der Waals surface area contributed by atoms with Crippen molar-refractivity contribution >= 4 is 11.9 Å². The minimum atomic E-state index is -1.45. The summed E-state index contributed by atoms with van der Waals surface area (Å²) >= 11 is 0. The molecule has 0 unspecified atom stereocenters. The summed E-state index contributed by atoms with van der Waals surface area (Å²) in [6.07, 6.45) is -1.48. The van der Waals surface area contributed by atoms with Gasteiger partial charge in [0.05, 0.1) is 6.61 Å². The summed E-state index contributed by atoms with van der Waals surface area (Å²) in [5.74, 6) is -1.66. The molecule has 0 aliphatic heterocycles. The van der Waals surface area contributed by atoms with Gasteiger partial charge >= 0.3 is 5.97 Å². The van der Waals surface area contributed by atoms with E-state index in [-0.39, 0.29) is 25.5 Å². The van der Waals surface area contributed by atoms with Crippen LogP contribution in [0.15, 0.2) is 0 Å². The molecule has 0 fully saturated rings. The number of nitrogens with two attached hydrogens (primary N) is 1. The molecule has 0 radical (unpaired) electrons. The quantitative estimate of drug-likeness (QED) is 0.348. The van der Waals surface area contributed by atoms with Crippen LogP contribution in [0, 0.1) is 0 Å². The summed E-state index contributed by atoms with van der Waals surface area (Å²) < 4.78 is 4.83. The molecule has 5 N–H and O–H groups in total. The molecule has 0 rings (SSSR count). The fraction of sp³-hybridized carbons (Fsp3) is 0.750. The molecular formula is C8H16N2O5. The minimum Gasteiger partial charge on any atom is -0.479 e. The van der Waals surface area contributed by atoms with E-state index in [0.717, 1.165) is 0 Å². The van der Waals surface area contributed by atoms with E-state index in [1.165, 1.54) is 0 Å². The zero-order valence-corrected chi connectivity index (χ0v) is 8.31. The van der Waals surface area contributed by atoms with Crippen LogP contribution < -0.4 is 11.1 Å². The van der Waals surface area contributed by atoms with E-state index in [1.807, 2.05) is 0 Å². The van der Waals surface area contributed by atoms with Gasteiger partial charge in [0, 0.05) is 19.5 Å². The van der Waals surface area contributed by atoms with E-state index < -0.39 is 12.1 Å². The van der Waals surface area contributed by atoms with Crippen molar-refractivity contribution < 1.29 is 24.5 Å². The molecule has 7 nitrogen and oxygen atoms in total. The van der Waals surface area contributed by atoms with Crippen LogP contribution in [0.3, 0.4) is 0 Å². The summed E-state index contributed by atoms with van der Waals surface area (Å²) in [6.45, 7) is 0.620. The smallest absolute Gasteiger partial charge is 0.332 e. The molecule has 0 aromatic rings. The van der Waals surface area contributed by atoms with Crippen LogP contribution in [0.2, 0.25) is 0 Å². The lowest BCUT2D eigenvalue weighted by molar-refractivity contribution is -0.147. The first-order valence-electron chi connectivity index (χ1n) is 4.53. The predicted molar refractivity (Wildman–Crippen MR) is 51.1 cm³/mol. The number of carboxylic acids is 1. The van der Waals surface area contributed by atoms with E-state index in [9.17, 15) is 9.59 Å². The molecule has 0 aromatic carbocycles. The molecule has 0 saturated heterocycles. The molecule has 1 atom stereocenters. The van der Waals surface area contributed by atoms with Crippen molar-refractivity contribution in [3.63, 3.8) is 0 Å². The first kappa shape index (κ1) is 13.8. The van der Waals surface area contributed by atoms with Crippen LogP contribution in [0.5, 0.6) is 0 Å². The SMILES string of the molecule is NCCOCC(=O)NCC[C@H](O)C(=O)O. The van der Waals surface area contributed by atoms with Crippen LogP contribution >= 0.6 is 0 Å². The Morgan fingerprint density at radius 1 is 1.47 bits per heavy atom. The van der Waals surface area contributed by atoms with Gasteiger partial charge in [0.15, 0.2) is 6.10 Å². The van der Waals surface area contributed by atoms with Crippen LogP contribution in [-0.4, -0.2) is 54.5 Å². The van der Waals surface area contributed by atoms with Crippen molar-refractivity contribution in [2.45, 2.75) is 12.5 Å². The molecule has 1 amide bonds. The second-order valence-corrected chi connectivity index (χ2v) is 2.83. The molecule has 0 heterocycles.